The van der Waals surface area contributed by atoms with E-state index in [2.05, 4.69) is 15.6 Å². The van der Waals surface area contributed by atoms with Gasteiger partial charge in [0, 0.05) is 37.2 Å². The Morgan fingerprint density at radius 1 is 1.39 bits per heavy atom. The molecule has 8 heteroatoms. The third-order valence-corrected chi connectivity index (χ3v) is 4.74. The van der Waals surface area contributed by atoms with Crippen molar-refractivity contribution in [3.8, 4) is 5.75 Å². The summed E-state index contributed by atoms with van der Waals surface area (Å²) in [6.07, 6.45) is 5.34. The Labute approximate surface area is 162 Å². The molecule has 0 spiro atoms. The van der Waals surface area contributed by atoms with E-state index in [-0.39, 0.29) is 24.6 Å². The maximum atomic E-state index is 12.6. The molecule has 146 valence electrons. The smallest absolute Gasteiger partial charge is 0.321 e. The second kappa shape index (κ2) is 8.26. The first kappa shape index (κ1) is 18.2. The van der Waals surface area contributed by atoms with Gasteiger partial charge in [-0.2, -0.15) is 0 Å². The first-order valence-electron chi connectivity index (χ1n) is 9.30. The molecule has 1 atom stereocenters. The van der Waals surface area contributed by atoms with Crippen molar-refractivity contribution in [2.75, 3.05) is 30.3 Å². The van der Waals surface area contributed by atoms with Crippen LogP contribution in [0.5, 0.6) is 5.75 Å². The predicted molar refractivity (Wildman–Crippen MR) is 103 cm³/mol. The number of likely N-dealkylation sites (tertiary alicyclic amines) is 1. The van der Waals surface area contributed by atoms with Gasteiger partial charge in [0.2, 0.25) is 0 Å². The van der Waals surface area contributed by atoms with Crippen molar-refractivity contribution in [1.82, 2.24) is 9.88 Å². The van der Waals surface area contributed by atoms with E-state index < -0.39 is 0 Å². The Morgan fingerprint density at radius 2 is 2.32 bits per heavy atom. The lowest BCUT2D eigenvalue weighted by Gasteiger charge is -2.32. The van der Waals surface area contributed by atoms with Gasteiger partial charge in [0.25, 0.3) is 5.91 Å². The van der Waals surface area contributed by atoms with Crippen LogP contribution >= 0.6 is 0 Å². The van der Waals surface area contributed by atoms with Gasteiger partial charge in [-0.05, 0) is 36.6 Å². The third-order valence-electron chi connectivity index (χ3n) is 4.74. The van der Waals surface area contributed by atoms with E-state index in [1.165, 1.54) is 0 Å². The largest absolute Gasteiger partial charge is 0.482 e. The molecule has 0 aliphatic carbocycles. The van der Waals surface area contributed by atoms with Crippen molar-refractivity contribution in [2.45, 2.75) is 25.6 Å². The van der Waals surface area contributed by atoms with Gasteiger partial charge in [-0.25, -0.2) is 4.79 Å². The van der Waals surface area contributed by atoms with Crippen molar-refractivity contribution >= 4 is 23.3 Å². The maximum absolute atomic E-state index is 12.6. The highest BCUT2D eigenvalue weighted by Crippen LogP contribution is 2.30. The van der Waals surface area contributed by atoms with Crippen LogP contribution in [-0.4, -0.2) is 47.6 Å². The zero-order chi connectivity index (χ0) is 19.3. The SMILES string of the molecule is O=C1COc2cc(NC(=O)N3CCC[C@@H](OCc4cccnc4)C3)ccc2N1. The zero-order valence-electron chi connectivity index (χ0n) is 15.4. The average Bonchev–Trinajstić information content (AvgIpc) is 2.73. The van der Waals surface area contributed by atoms with Crippen LogP contribution in [0, 0.1) is 0 Å². The fourth-order valence-corrected chi connectivity index (χ4v) is 3.31. The number of hydrogen-bond donors (Lipinski definition) is 2. The topological polar surface area (TPSA) is 92.8 Å². The normalized spacial score (nSPS) is 18.6. The van der Waals surface area contributed by atoms with Gasteiger partial charge in [0.05, 0.1) is 18.4 Å². The van der Waals surface area contributed by atoms with E-state index in [1.807, 2.05) is 12.1 Å². The molecule has 0 radical (unpaired) electrons. The molecular formula is C20H22N4O4. The summed E-state index contributed by atoms with van der Waals surface area (Å²) in [4.78, 5) is 29.8. The van der Waals surface area contributed by atoms with Gasteiger partial charge in [0.1, 0.15) is 5.75 Å². The standard InChI is InChI=1S/C20H22N4O4/c25-19-13-28-18-9-15(5-6-17(18)23-19)22-20(26)24-8-2-4-16(11-24)27-12-14-3-1-7-21-10-14/h1,3,5-7,9-10,16H,2,4,8,11-13H2,(H,22,26)(H,23,25)/t16-/m1/s1. The van der Waals surface area contributed by atoms with Gasteiger partial charge in [-0.3, -0.25) is 9.78 Å². The Morgan fingerprint density at radius 3 is 3.18 bits per heavy atom. The number of ether oxygens (including phenoxy) is 2. The molecule has 0 unspecified atom stereocenters. The molecule has 8 nitrogen and oxygen atoms in total. The molecule has 28 heavy (non-hydrogen) atoms. The lowest BCUT2D eigenvalue weighted by molar-refractivity contribution is -0.118. The molecule has 3 heterocycles. The van der Waals surface area contributed by atoms with Crippen molar-refractivity contribution in [3.05, 3.63) is 48.3 Å². The number of piperidine rings is 1. The number of carbonyl (C=O) groups is 2. The van der Waals surface area contributed by atoms with Crippen LogP contribution in [0.15, 0.2) is 42.7 Å². The van der Waals surface area contributed by atoms with E-state index in [0.29, 0.717) is 36.8 Å². The molecule has 0 bridgehead atoms. The summed E-state index contributed by atoms with van der Waals surface area (Å²) >= 11 is 0. The monoisotopic (exact) mass is 382 g/mol. The Bertz CT molecular complexity index is 859. The fraction of sp³-hybridized carbons (Fsp3) is 0.350. The van der Waals surface area contributed by atoms with Crippen LogP contribution in [0.3, 0.4) is 0 Å². The van der Waals surface area contributed by atoms with Crippen LogP contribution in [0.25, 0.3) is 0 Å². The summed E-state index contributed by atoms with van der Waals surface area (Å²) in [6, 6.07) is 8.86. The lowest BCUT2D eigenvalue weighted by atomic mass is 10.1. The van der Waals surface area contributed by atoms with Crippen LogP contribution in [-0.2, 0) is 16.1 Å². The maximum Gasteiger partial charge on any atom is 0.321 e. The molecular weight excluding hydrogens is 360 g/mol. The summed E-state index contributed by atoms with van der Waals surface area (Å²) in [6.45, 7) is 1.70. The molecule has 2 N–H and O–H groups in total. The summed E-state index contributed by atoms with van der Waals surface area (Å²) in [5, 5.41) is 5.63. The number of benzene rings is 1. The molecule has 2 aromatic rings. The second-order valence-corrected chi connectivity index (χ2v) is 6.86. The highest BCUT2D eigenvalue weighted by molar-refractivity contribution is 5.96. The number of pyridine rings is 1. The van der Waals surface area contributed by atoms with Gasteiger partial charge < -0.3 is 25.0 Å². The van der Waals surface area contributed by atoms with Crippen LogP contribution in [0.1, 0.15) is 18.4 Å². The minimum atomic E-state index is -0.185. The lowest BCUT2D eigenvalue weighted by Crippen LogP contribution is -2.45. The van der Waals surface area contributed by atoms with Crippen LogP contribution < -0.4 is 15.4 Å². The molecule has 2 aliphatic rings. The minimum Gasteiger partial charge on any atom is -0.482 e. The molecule has 1 saturated heterocycles. The Hall–Kier alpha value is -3.13. The van der Waals surface area contributed by atoms with Crippen LogP contribution in [0.4, 0.5) is 16.2 Å². The molecule has 1 aromatic heterocycles. The number of carbonyl (C=O) groups excluding carboxylic acids is 2. The number of rotatable bonds is 4. The highest BCUT2D eigenvalue weighted by Gasteiger charge is 2.25. The summed E-state index contributed by atoms with van der Waals surface area (Å²) < 4.78 is 11.4. The first-order chi connectivity index (χ1) is 13.7. The average molecular weight is 382 g/mol. The number of hydrogen-bond acceptors (Lipinski definition) is 5. The summed E-state index contributed by atoms with van der Waals surface area (Å²) in [7, 11) is 0. The van der Waals surface area contributed by atoms with Crippen molar-refractivity contribution < 1.29 is 19.1 Å². The van der Waals surface area contributed by atoms with Gasteiger partial charge >= 0.3 is 6.03 Å². The van der Waals surface area contributed by atoms with E-state index >= 15 is 0 Å². The number of anilines is 2. The Kier molecular flexibility index (Phi) is 5.38. The molecule has 2 aliphatic heterocycles. The summed E-state index contributed by atoms with van der Waals surface area (Å²) in [5.41, 5.74) is 2.25. The molecule has 0 saturated carbocycles. The van der Waals surface area contributed by atoms with Crippen molar-refractivity contribution in [2.24, 2.45) is 0 Å². The fourth-order valence-electron chi connectivity index (χ4n) is 3.31. The van der Waals surface area contributed by atoms with E-state index in [1.54, 1.807) is 35.5 Å². The first-order valence-corrected chi connectivity index (χ1v) is 9.30. The minimum absolute atomic E-state index is 0.00165. The number of nitrogens with zero attached hydrogens (tertiary/aromatic N) is 2. The number of urea groups is 1. The van der Waals surface area contributed by atoms with E-state index in [0.717, 1.165) is 18.4 Å². The van der Waals surface area contributed by atoms with E-state index in [4.69, 9.17) is 9.47 Å². The highest BCUT2D eigenvalue weighted by atomic mass is 16.5. The van der Waals surface area contributed by atoms with Crippen molar-refractivity contribution in [1.29, 1.82) is 0 Å². The van der Waals surface area contributed by atoms with E-state index in [9.17, 15) is 9.59 Å². The zero-order valence-corrected chi connectivity index (χ0v) is 15.4. The second-order valence-electron chi connectivity index (χ2n) is 6.86. The third kappa shape index (κ3) is 4.40. The predicted octanol–water partition coefficient (Wildman–Crippen LogP) is 2.63. The number of nitrogens with one attached hydrogen (secondary N) is 2. The number of amides is 3. The molecule has 4 rings (SSSR count). The van der Waals surface area contributed by atoms with Crippen molar-refractivity contribution in [3.63, 3.8) is 0 Å². The molecule has 3 amide bonds. The molecule has 1 aromatic carbocycles. The molecule has 1 fully saturated rings. The summed E-state index contributed by atoms with van der Waals surface area (Å²) in [5.74, 6) is 0.364. The van der Waals surface area contributed by atoms with Gasteiger partial charge in [-0.1, -0.05) is 6.07 Å². The van der Waals surface area contributed by atoms with Gasteiger partial charge in [-0.15, -0.1) is 0 Å². The quantitative estimate of drug-likeness (QED) is 0.848. The number of fused-ring (bicyclic) bond motifs is 1. The van der Waals surface area contributed by atoms with Crippen LogP contribution in [0.2, 0.25) is 0 Å². The number of aromatic nitrogens is 1. The Balaban J connectivity index is 1.32. The van der Waals surface area contributed by atoms with Gasteiger partial charge in [0.15, 0.2) is 6.61 Å².